The van der Waals surface area contributed by atoms with E-state index in [0.717, 1.165) is 45.4 Å². The molecule has 6 nitrogen and oxygen atoms in total. The molecule has 4 N–H and O–H groups in total. The predicted molar refractivity (Wildman–Crippen MR) is 105 cm³/mol. The van der Waals surface area contributed by atoms with Crippen LogP contribution in [0, 0.1) is 5.92 Å². The SMILES string of the molecule is Nc1ncnc2c(CN3C[C@@H](CSc4cccc(Cl)c4)[C@@H](O)C3)c[nH]c12. The van der Waals surface area contributed by atoms with E-state index < -0.39 is 0 Å². The van der Waals surface area contributed by atoms with Crippen molar-refractivity contribution >= 4 is 40.2 Å². The minimum atomic E-state index is -0.327. The normalized spacial score (nSPS) is 20.8. The number of rotatable bonds is 5. The van der Waals surface area contributed by atoms with Gasteiger partial charge in [-0.3, -0.25) is 4.90 Å². The van der Waals surface area contributed by atoms with E-state index in [4.69, 9.17) is 17.3 Å². The quantitative estimate of drug-likeness (QED) is 0.581. The summed E-state index contributed by atoms with van der Waals surface area (Å²) in [5.74, 6) is 1.54. The van der Waals surface area contributed by atoms with Crippen LogP contribution in [0.3, 0.4) is 0 Å². The van der Waals surface area contributed by atoms with E-state index in [0.29, 0.717) is 12.4 Å². The van der Waals surface area contributed by atoms with Crippen molar-refractivity contribution in [3.63, 3.8) is 0 Å². The van der Waals surface area contributed by atoms with E-state index in [9.17, 15) is 5.11 Å². The molecule has 1 fully saturated rings. The zero-order chi connectivity index (χ0) is 18.1. The highest BCUT2D eigenvalue weighted by Crippen LogP contribution is 2.29. The number of hydrogen-bond donors (Lipinski definition) is 3. The molecular weight excluding hydrogens is 370 g/mol. The monoisotopic (exact) mass is 389 g/mol. The predicted octanol–water partition coefficient (Wildman–Crippen LogP) is 2.78. The third-order valence-electron chi connectivity index (χ3n) is 4.71. The molecule has 2 aromatic heterocycles. The summed E-state index contributed by atoms with van der Waals surface area (Å²) >= 11 is 7.77. The fraction of sp³-hybridized carbons (Fsp3) is 0.333. The molecule has 0 bridgehead atoms. The first kappa shape index (κ1) is 17.6. The van der Waals surface area contributed by atoms with Crippen LogP contribution in [0.25, 0.3) is 11.0 Å². The number of nitrogen functional groups attached to an aromatic ring is 1. The lowest BCUT2D eigenvalue weighted by molar-refractivity contribution is 0.149. The van der Waals surface area contributed by atoms with E-state index in [1.807, 2.05) is 30.5 Å². The van der Waals surface area contributed by atoms with Crippen LogP contribution < -0.4 is 5.73 Å². The number of hydrogen-bond acceptors (Lipinski definition) is 6. The molecule has 1 aromatic carbocycles. The zero-order valence-corrected chi connectivity index (χ0v) is 15.7. The number of aliphatic hydroxyl groups excluding tert-OH is 1. The molecule has 0 aliphatic carbocycles. The highest BCUT2D eigenvalue weighted by atomic mass is 35.5. The molecule has 3 aromatic rings. The van der Waals surface area contributed by atoms with Crippen LogP contribution in [-0.2, 0) is 6.54 Å². The van der Waals surface area contributed by atoms with Gasteiger partial charge in [0.15, 0.2) is 5.82 Å². The van der Waals surface area contributed by atoms with Crippen molar-refractivity contribution in [2.24, 2.45) is 5.92 Å². The lowest BCUT2D eigenvalue weighted by Gasteiger charge is -2.15. The van der Waals surface area contributed by atoms with E-state index in [1.54, 1.807) is 11.8 Å². The van der Waals surface area contributed by atoms with Gasteiger partial charge >= 0.3 is 0 Å². The van der Waals surface area contributed by atoms with Gasteiger partial charge < -0.3 is 15.8 Å². The Balaban J connectivity index is 1.39. The molecule has 3 heterocycles. The van der Waals surface area contributed by atoms with Gasteiger partial charge in [-0.25, -0.2) is 9.97 Å². The Morgan fingerprint density at radius 2 is 2.23 bits per heavy atom. The Morgan fingerprint density at radius 1 is 1.35 bits per heavy atom. The standard InChI is InChI=1S/C18H20ClN5OS/c19-13-2-1-3-14(4-13)26-9-12-7-24(8-15(12)25)6-11-5-21-17-16(11)22-10-23-18(17)20/h1-5,10,12,15,21,25H,6-9H2,(H2,20,22,23)/t12-,15-/m0/s1. The largest absolute Gasteiger partial charge is 0.391 e. The number of β-amino-alcohol motifs (C(OH)–C–C–N with tert-alkyl or cyclic N) is 1. The number of aromatic nitrogens is 3. The van der Waals surface area contributed by atoms with Crippen molar-refractivity contribution in [2.45, 2.75) is 17.5 Å². The molecule has 1 aliphatic heterocycles. The maximum atomic E-state index is 10.4. The third kappa shape index (κ3) is 3.66. The van der Waals surface area contributed by atoms with Crippen LogP contribution in [0.15, 0.2) is 41.7 Å². The Kier molecular flexibility index (Phi) is 5.04. The van der Waals surface area contributed by atoms with Gasteiger partial charge in [0, 0.05) is 53.0 Å². The summed E-state index contributed by atoms with van der Waals surface area (Å²) in [5, 5.41) is 11.2. The maximum absolute atomic E-state index is 10.4. The Hall–Kier alpha value is -1.80. The third-order valence-corrected chi connectivity index (χ3v) is 6.12. The number of nitrogens with one attached hydrogen (secondary N) is 1. The smallest absolute Gasteiger partial charge is 0.151 e. The molecule has 0 unspecified atom stereocenters. The van der Waals surface area contributed by atoms with E-state index in [-0.39, 0.29) is 12.0 Å². The van der Waals surface area contributed by atoms with E-state index in [1.165, 1.54) is 6.33 Å². The average Bonchev–Trinajstić information content (AvgIpc) is 3.18. The molecule has 2 atom stereocenters. The van der Waals surface area contributed by atoms with Crippen molar-refractivity contribution in [3.05, 3.63) is 47.4 Å². The fourth-order valence-corrected chi connectivity index (χ4v) is 4.74. The molecule has 26 heavy (non-hydrogen) atoms. The fourth-order valence-electron chi connectivity index (χ4n) is 3.37. The summed E-state index contributed by atoms with van der Waals surface area (Å²) in [6.45, 7) is 2.24. The minimum Gasteiger partial charge on any atom is -0.391 e. The summed E-state index contributed by atoms with van der Waals surface area (Å²) < 4.78 is 0. The first-order valence-corrected chi connectivity index (χ1v) is 9.81. The topological polar surface area (TPSA) is 91.1 Å². The average molecular weight is 390 g/mol. The van der Waals surface area contributed by atoms with Gasteiger partial charge in [-0.1, -0.05) is 17.7 Å². The highest BCUT2D eigenvalue weighted by molar-refractivity contribution is 7.99. The van der Waals surface area contributed by atoms with Gasteiger partial charge in [0.05, 0.1) is 11.6 Å². The highest BCUT2D eigenvalue weighted by Gasteiger charge is 2.31. The number of nitrogens with two attached hydrogens (primary N) is 1. The number of nitrogens with zero attached hydrogens (tertiary/aromatic N) is 3. The number of thioether (sulfide) groups is 1. The summed E-state index contributed by atoms with van der Waals surface area (Å²) in [6.07, 6.45) is 3.08. The first-order valence-electron chi connectivity index (χ1n) is 8.45. The molecular formula is C18H20ClN5OS. The number of likely N-dealkylation sites (tertiary alicyclic amines) is 1. The van der Waals surface area contributed by atoms with Gasteiger partial charge in [-0.2, -0.15) is 0 Å². The number of benzene rings is 1. The van der Waals surface area contributed by atoms with E-state index >= 15 is 0 Å². The van der Waals surface area contributed by atoms with Crippen molar-refractivity contribution < 1.29 is 5.11 Å². The molecule has 136 valence electrons. The second-order valence-corrected chi connectivity index (χ2v) is 8.12. The lowest BCUT2D eigenvalue weighted by Crippen LogP contribution is -2.21. The molecule has 0 spiro atoms. The number of aromatic amines is 1. The molecule has 4 rings (SSSR count). The lowest BCUT2D eigenvalue weighted by atomic mass is 10.1. The van der Waals surface area contributed by atoms with Gasteiger partial charge in [-0.05, 0) is 18.2 Å². The number of anilines is 1. The molecule has 1 saturated heterocycles. The Labute approximate surface area is 160 Å². The van der Waals surface area contributed by atoms with Crippen LogP contribution in [0.1, 0.15) is 5.56 Å². The number of aliphatic hydroxyl groups is 1. The number of H-pyrrole nitrogens is 1. The molecule has 0 amide bonds. The second-order valence-electron chi connectivity index (χ2n) is 6.59. The van der Waals surface area contributed by atoms with Crippen molar-refractivity contribution in [1.82, 2.24) is 19.9 Å². The minimum absolute atomic E-state index is 0.226. The first-order chi connectivity index (χ1) is 12.6. The summed E-state index contributed by atoms with van der Waals surface area (Å²) in [7, 11) is 0. The van der Waals surface area contributed by atoms with Gasteiger partial charge in [0.25, 0.3) is 0 Å². The molecule has 0 saturated carbocycles. The van der Waals surface area contributed by atoms with E-state index in [2.05, 4.69) is 19.9 Å². The molecule has 1 aliphatic rings. The molecule has 8 heteroatoms. The zero-order valence-electron chi connectivity index (χ0n) is 14.1. The van der Waals surface area contributed by atoms with Crippen LogP contribution >= 0.6 is 23.4 Å². The van der Waals surface area contributed by atoms with Crippen LogP contribution in [0.5, 0.6) is 0 Å². The van der Waals surface area contributed by atoms with Gasteiger partial charge in [0.1, 0.15) is 11.8 Å². The van der Waals surface area contributed by atoms with Crippen molar-refractivity contribution in [3.8, 4) is 0 Å². The molecule has 0 radical (unpaired) electrons. The van der Waals surface area contributed by atoms with Crippen LogP contribution in [0.2, 0.25) is 5.02 Å². The van der Waals surface area contributed by atoms with Crippen LogP contribution in [0.4, 0.5) is 5.82 Å². The second kappa shape index (κ2) is 7.44. The van der Waals surface area contributed by atoms with Crippen molar-refractivity contribution in [2.75, 3.05) is 24.6 Å². The summed E-state index contributed by atoms with van der Waals surface area (Å²) in [4.78, 5) is 14.9. The van der Waals surface area contributed by atoms with Crippen molar-refractivity contribution in [1.29, 1.82) is 0 Å². The Bertz CT molecular complexity index is 917. The Morgan fingerprint density at radius 3 is 3.08 bits per heavy atom. The number of halogens is 1. The van der Waals surface area contributed by atoms with Gasteiger partial charge in [-0.15, -0.1) is 11.8 Å². The summed E-state index contributed by atoms with van der Waals surface area (Å²) in [5.41, 5.74) is 8.58. The maximum Gasteiger partial charge on any atom is 0.151 e. The number of fused-ring (bicyclic) bond motifs is 1. The van der Waals surface area contributed by atoms with Crippen LogP contribution in [-0.4, -0.2) is 49.9 Å². The summed E-state index contributed by atoms with van der Waals surface area (Å²) in [6, 6.07) is 7.83. The van der Waals surface area contributed by atoms with Gasteiger partial charge in [0.2, 0.25) is 0 Å².